The number of hydrogen-bond acceptors (Lipinski definition) is 5. The van der Waals surface area contributed by atoms with Gasteiger partial charge < -0.3 is 14.0 Å². The molecular formula is C17H21BaN3O3S. The summed E-state index contributed by atoms with van der Waals surface area (Å²) < 4.78 is 23.3. The Morgan fingerprint density at radius 2 is 1.96 bits per heavy atom. The van der Waals surface area contributed by atoms with Crippen LogP contribution in [0, 0.1) is 13.8 Å². The molecule has 0 unspecified atom stereocenters. The summed E-state index contributed by atoms with van der Waals surface area (Å²) in [6, 6.07) is 5.51. The van der Waals surface area contributed by atoms with Crippen LogP contribution in [0.3, 0.4) is 0 Å². The standard InChI is InChI=1S/C17H19N3O3S.Ba.2H/c1-10-8-18-15(11(2)16(10)23-4)9-24(21)17-19-13-6-5-12(22-3)7-14(13)20-17;;;/h5-8H,9H2,1-4H3,(H,19,20);;;/t24-;;;/m0.../s1. The molecule has 2 aromatic heterocycles. The van der Waals surface area contributed by atoms with Gasteiger partial charge >= 0.3 is 54.0 Å². The molecule has 0 aliphatic rings. The van der Waals surface area contributed by atoms with Gasteiger partial charge in [-0.05, 0) is 26.0 Å². The first kappa shape index (κ1) is 20.6. The van der Waals surface area contributed by atoms with Crippen LogP contribution < -0.4 is 9.47 Å². The van der Waals surface area contributed by atoms with Crippen LogP contribution in [0.15, 0.2) is 29.6 Å². The summed E-state index contributed by atoms with van der Waals surface area (Å²) in [6.45, 7) is 3.86. The van der Waals surface area contributed by atoms with Gasteiger partial charge in [-0.3, -0.25) is 9.97 Å². The van der Waals surface area contributed by atoms with Gasteiger partial charge in [-0.15, -0.1) is 0 Å². The van der Waals surface area contributed by atoms with E-state index in [1.54, 1.807) is 20.4 Å². The van der Waals surface area contributed by atoms with Gasteiger partial charge in [-0.25, -0.2) is 0 Å². The number of H-pyrrole nitrogens is 1. The zero-order valence-electron chi connectivity index (χ0n) is 14.0. The zero-order valence-corrected chi connectivity index (χ0v) is 14.9. The molecule has 8 heteroatoms. The van der Waals surface area contributed by atoms with Gasteiger partial charge in [0.25, 0.3) is 0 Å². The second-order valence-corrected chi connectivity index (χ2v) is 6.83. The van der Waals surface area contributed by atoms with E-state index in [-0.39, 0.29) is 54.6 Å². The Balaban J connectivity index is 0.00000225. The third kappa shape index (κ3) is 4.36. The van der Waals surface area contributed by atoms with Crippen LogP contribution in [0.2, 0.25) is 0 Å². The van der Waals surface area contributed by atoms with Gasteiger partial charge in [0.1, 0.15) is 11.5 Å². The van der Waals surface area contributed by atoms with Crippen LogP contribution >= 0.6 is 0 Å². The van der Waals surface area contributed by atoms with Crippen molar-refractivity contribution in [3.8, 4) is 11.5 Å². The average molecular weight is 485 g/mol. The second-order valence-electron chi connectivity index (χ2n) is 5.46. The molecule has 6 nitrogen and oxygen atoms in total. The van der Waals surface area contributed by atoms with Gasteiger partial charge in [0.05, 0.1) is 30.9 Å². The van der Waals surface area contributed by atoms with Crippen molar-refractivity contribution in [2.24, 2.45) is 0 Å². The Morgan fingerprint density at radius 1 is 1.20 bits per heavy atom. The molecule has 0 amide bonds. The van der Waals surface area contributed by atoms with E-state index < -0.39 is 11.2 Å². The number of pyridine rings is 1. The van der Waals surface area contributed by atoms with Crippen LogP contribution in [0.5, 0.6) is 11.5 Å². The van der Waals surface area contributed by atoms with Crippen LogP contribution in [-0.4, -0.2) is 82.6 Å². The molecular weight excluding hydrogens is 464 g/mol. The van der Waals surface area contributed by atoms with E-state index in [1.807, 2.05) is 32.0 Å². The van der Waals surface area contributed by atoms with Gasteiger partial charge in [0.2, 0.25) is 0 Å². The minimum atomic E-state index is -1.33. The number of nitrogens with one attached hydrogen (secondary N) is 1. The number of benzene rings is 1. The summed E-state index contributed by atoms with van der Waals surface area (Å²) in [4.78, 5) is 11.9. The fraction of sp³-hybridized carbons (Fsp3) is 0.294. The zero-order chi connectivity index (χ0) is 17.3. The topological polar surface area (TPSA) is 83.1 Å². The molecule has 1 atom stereocenters. The van der Waals surface area contributed by atoms with Crippen molar-refractivity contribution in [1.29, 1.82) is 0 Å². The summed E-state index contributed by atoms with van der Waals surface area (Å²) in [5.41, 5.74) is 4.16. The van der Waals surface area contributed by atoms with E-state index in [9.17, 15) is 4.55 Å². The molecule has 0 aliphatic carbocycles. The van der Waals surface area contributed by atoms with Crippen LogP contribution in [0.4, 0.5) is 0 Å². The Bertz CT molecular complexity index is 885. The molecule has 0 spiro atoms. The van der Waals surface area contributed by atoms with E-state index in [4.69, 9.17) is 9.47 Å². The monoisotopic (exact) mass is 485 g/mol. The normalized spacial score (nSPS) is 11.9. The van der Waals surface area contributed by atoms with Crippen LogP contribution in [-0.2, 0) is 16.9 Å². The molecule has 25 heavy (non-hydrogen) atoms. The van der Waals surface area contributed by atoms with Crippen molar-refractivity contribution in [1.82, 2.24) is 15.0 Å². The van der Waals surface area contributed by atoms with E-state index >= 15 is 0 Å². The molecule has 130 valence electrons. The van der Waals surface area contributed by atoms with E-state index in [0.29, 0.717) is 10.9 Å². The summed E-state index contributed by atoms with van der Waals surface area (Å²) in [5, 5.41) is 0.430. The molecule has 2 heterocycles. The number of fused-ring (bicyclic) bond motifs is 1. The number of aromatic amines is 1. The second kappa shape index (κ2) is 8.81. The maximum absolute atomic E-state index is 12.7. The van der Waals surface area contributed by atoms with E-state index in [1.165, 1.54) is 0 Å². The summed E-state index contributed by atoms with van der Waals surface area (Å²) in [7, 11) is 3.23. The maximum atomic E-state index is 12.7. The van der Waals surface area contributed by atoms with Crippen molar-refractivity contribution in [2.45, 2.75) is 24.8 Å². The first-order chi connectivity index (χ1) is 11.5. The van der Waals surface area contributed by atoms with E-state index in [0.717, 1.165) is 33.6 Å². The molecule has 0 aliphatic heterocycles. The van der Waals surface area contributed by atoms with Gasteiger partial charge in [-0.2, -0.15) is 4.98 Å². The number of imidazole rings is 1. The Hall–Kier alpha value is -0.679. The number of hydrogen-bond donors (Lipinski definition) is 1. The van der Waals surface area contributed by atoms with Gasteiger partial charge in [0, 0.05) is 34.6 Å². The first-order valence-electron chi connectivity index (χ1n) is 7.44. The number of nitrogens with zero attached hydrogens (tertiary/aromatic N) is 2. The molecule has 1 N–H and O–H groups in total. The van der Waals surface area contributed by atoms with Crippen LogP contribution in [0.1, 0.15) is 16.8 Å². The predicted octanol–water partition coefficient (Wildman–Crippen LogP) is 1.98. The summed E-state index contributed by atoms with van der Waals surface area (Å²) >= 11 is -1.33. The third-order valence-corrected chi connectivity index (χ3v) is 5.06. The Kier molecular flexibility index (Phi) is 7.27. The Morgan fingerprint density at radius 3 is 2.64 bits per heavy atom. The van der Waals surface area contributed by atoms with Crippen molar-refractivity contribution in [2.75, 3.05) is 14.2 Å². The van der Waals surface area contributed by atoms with Crippen molar-refractivity contribution in [3.05, 3.63) is 41.2 Å². The summed E-state index contributed by atoms with van der Waals surface area (Å²) in [5.74, 6) is 1.78. The minimum absolute atomic E-state index is 0. The molecule has 0 saturated heterocycles. The molecule has 0 bridgehead atoms. The molecule has 0 saturated carbocycles. The quantitative estimate of drug-likeness (QED) is 0.442. The third-order valence-electron chi connectivity index (χ3n) is 3.90. The van der Waals surface area contributed by atoms with Crippen molar-refractivity contribution >= 4 is 71.1 Å². The number of methoxy groups -OCH3 is 2. The van der Waals surface area contributed by atoms with Gasteiger partial charge in [-0.1, -0.05) is 0 Å². The van der Waals surface area contributed by atoms with E-state index in [2.05, 4.69) is 15.0 Å². The average Bonchev–Trinajstić information content (AvgIpc) is 3.01. The predicted molar refractivity (Wildman–Crippen MR) is 102 cm³/mol. The van der Waals surface area contributed by atoms with Crippen LogP contribution in [0.25, 0.3) is 11.0 Å². The summed E-state index contributed by atoms with van der Waals surface area (Å²) in [6.07, 6.45) is 1.74. The van der Waals surface area contributed by atoms with Gasteiger partial charge in [0.15, 0.2) is 5.75 Å². The van der Waals surface area contributed by atoms with Crippen molar-refractivity contribution in [3.63, 3.8) is 0 Å². The molecule has 3 aromatic rings. The van der Waals surface area contributed by atoms with Crippen molar-refractivity contribution < 1.29 is 14.0 Å². The fourth-order valence-corrected chi connectivity index (χ4v) is 3.71. The number of ether oxygens (including phenoxy) is 2. The fourth-order valence-electron chi connectivity index (χ4n) is 2.61. The molecule has 1 aromatic carbocycles. The number of aromatic nitrogens is 3. The first-order valence-corrected chi connectivity index (χ1v) is 8.76. The number of rotatable bonds is 5. The SMILES string of the molecule is COc1ccc2[nH]c([S@@+]([O-])Cc3ncc(C)c(OC)c3C)nc2c1.[BaH2]. The number of aryl methyl sites for hydroxylation is 1. The molecule has 0 fully saturated rings. The Labute approximate surface area is 190 Å². The molecule has 0 radical (unpaired) electrons. The molecule has 3 rings (SSSR count).